The average Bonchev–Trinajstić information content (AvgIpc) is 2.71. The molecular formula is C20H34N2O8. The molecule has 2 aliphatic rings. The summed E-state index contributed by atoms with van der Waals surface area (Å²) in [5.41, 5.74) is 0.948. The Bertz CT molecular complexity index is 517. The number of carbonyl (C=O) groups excluding carboxylic acids is 2. The van der Waals surface area contributed by atoms with Gasteiger partial charge in [-0.2, -0.15) is 0 Å². The molecule has 2 saturated heterocycles. The topological polar surface area (TPSA) is 114 Å². The highest BCUT2D eigenvalue weighted by Crippen LogP contribution is 2.08. The Kier molecular flexibility index (Phi) is 12.4. The molecule has 2 N–H and O–H groups in total. The van der Waals surface area contributed by atoms with Crippen LogP contribution in [0.5, 0.6) is 0 Å². The highest BCUT2D eigenvalue weighted by atomic mass is 16.9. The Hall–Kier alpha value is -1.82. The maximum absolute atomic E-state index is 11.3. The van der Waals surface area contributed by atoms with Crippen LogP contribution in [0.3, 0.4) is 0 Å². The van der Waals surface area contributed by atoms with Gasteiger partial charge in [0, 0.05) is 24.4 Å². The molecule has 2 aliphatic heterocycles. The zero-order valence-electron chi connectivity index (χ0n) is 18.2. The molecule has 0 saturated carbocycles. The lowest BCUT2D eigenvalue weighted by molar-refractivity contribution is -0.313. The van der Waals surface area contributed by atoms with Gasteiger partial charge in [-0.1, -0.05) is 13.2 Å². The van der Waals surface area contributed by atoms with Crippen molar-refractivity contribution in [2.24, 2.45) is 0 Å². The number of amides is 2. The summed E-state index contributed by atoms with van der Waals surface area (Å²) >= 11 is 0. The fourth-order valence-corrected chi connectivity index (χ4v) is 2.22. The molecule has 2 heterocycles. The van der Waals surface area contributed by atoms with Crippen LogP contribution in [-0.2, 0) is 38.0 Å². The van der Waals surface area contributed by atoms with E-state index in [1.165, 1.54) is 0 Å². The molecular weight excluding hydrogens is 396 g/mol. The molecule has 2 fully saturated rings. The molecule has 0 aromatic carbocycles. The molecule has 0 spiro atoms. The van der Waals surface area contributed by atoms with E-state index in [1.54, 1.807) is 13.8 Å². The fourth-order valence-electron chi connectivity index (χ4n) is 2.22. The number of hydrogen-bond donors (Lipinski definition) is 2. The minimum Gasteiger partial charge on any atom is -0.345 e. The van der Waals surface area contributed by atoms with Gasteiger partial charge < -0.3 is 39.1 Å². The average molecular weight is 430 g/mol. The molecule has 0 aromatic heterocycles. The summed E-state index contributed by atoms with van der Waals surface area (Å²) in [5, 5.41) is 5.47. The van der Waals surface area contributed by atoms with Gasteiger partial charge in [0.15, 0.2) is 0 Å². The van der Waals surface area contributed by atoms with Crippen LogP contribution in [0.4, 0.5) is 0 Å². The van der Waals surface area contributed by atoms with Crippen molar-refractivity contribution in [1.82, 2.24) is 10.6 Å². The van der Waals surface area contributed by atoms with Crippen molar-refractivity contribution in [3.63, 3.8) is 0 Å². The van der Waals surface area contributed by atoms with E-state index in [4.69, 9.17) is 28.4 Å². The molecule has 0 bridgehead atoms. The van der Waals surface area contributed by atoms with Crippen LogP contribution in [0.15, 0.2) is 24.3 Å². The molecule has 2 amide bonds. The number of carbonyl (C=O) groups is 2. The van der Waals surface area contributed by atoms with Gasteiger partial charge in [-0.3, -0.25) is 9.59 Å². The Morgan fingerprint density at radius 1 is 0.767 bits per heavy atom. The van der Waals surface area contributed by atoms with Gasteiger partial charge in [-0.25, -0.2) is 0 Å². The molecule has 0 radical (unpaired) electrons. The molecule has 10 nitrogen and oxygen atoms in total. The Morgan fingerprint density at radius 2 is 1.07 bits per heavy atom. The second kappa shape index (κ2) is 14.2. The highest BCUT2D eigenvalue weighted by Gasteiger charge is 2.24. The lowest BCUT2D eigenvalue weighted by Crippen LogP contribution is -2.47. The number of hydrogen-bond acceptors (Lipinski definition) is 8. The van der Waals surface area contributed by atoms with Crippen molar-refractivity contribution < 1.29 is 38.0 Å². The molecule has 0 atom stereocenters. The first-order valence-corrected chi connectivity index (χ1v) is 9.89. The third kappa shape index (κ3) is 10.3. The SMILES string of the molecule is C=C(C)C(=O)NC1COC(OCC)OC1.C=C(C)C(=O)NC1COC(OCC)OC1. The summed E-state index contributed by atoms with van der Waals surface area (Å²) in [7, 11) is 0. The standard InChI is InChI=1S/2C10H17NO4/c2*1-4-13-10-14-5-8(6-15-10)11-9(12)7(2)3/h2*8,10H,2,4-6H2,1,3H3,(H,11,12). The summed E-state index contributed by atoms with van der Waals surface area (Å²) in [5.74, 6) is -0.357. The van der Waals surface area contributed by atoms with Gasteiger partial charge in [-0.05, 0) is 27.7 Å². The van der Waals surface area contributed by atoms with E-state index in [0.29, 0.717) is 50.8 Å². The molecule has 30 heavy (non-hydrogen) atoms. The Balaban J connectivity index is 0.000000300. The van der Waals surface area contributed by atoms with E-state index in [0.717, 1.165) is 0 Å². The van der Waals surface area contributed by atoms with Crippen molar-refractivity contribution in [2.75, 3.05) is 39.6 Å². The zero-order valence-corrected chi connectivity index (χ0v) is 18.2. The van der Waals surface area contributed by atoms with Crippen LogP contribution < -0.4 is 10.6 Å². The number of ether oxygens (including phenoxy) is 6. The van der Waals surface area contributed by atoms with Crippen LogP contribution in [0.25, 0.3) is 0 Å². The van der Waals surface area contributed by atoms with E-state index in [2.05, 4.69) is 23.8 Å². The third-order valence-corrected chi connectivity index (χ3v) is 3.79. The minimum absolute atomic E-state index is 0.133. The molecule has 2 rings (SSSR count). The minimum atomic E-state index is -0.604. The highest BCUT2D eigenvalue weighted by molar-refractivity contribution is 5.92. The quantitative estimate of drug-likeness (QED) is 0.545. The first kappa shape index (κ1) is 26.2. The Labute approximate surface area is 177 Å². The smallest absolute Gasteiger partial charge is 0.271 e. The van der Waals surface area contributed by atoms with Crippen LogP contribution in [-0.4, -0.2) is 76.5 Å². The maximum atomic E-state index is 11.3. The number of nitrogens with one attached hydrogen (secondary N) is 2. The van der Waals surface area contributed by atoms with Crippen LogP contribution in [0, 0.1) is 0 Å². The largest absolute Gasteiger partial charge is 0.345 e. The van der Waals surface area contributed by atoms with Gasteiger partial charge >= 0.3 is 0 Å². The van der Waals surface area contributed by atoms with Crippen molar-refractivity contribution in [2.45, 2.75) is 52.7 Å². The van der Waals surface area contributed by atoms with Crippen molar-refractivity contribution in [3.05, 3.63) is 24.3 Å². The zero-order chi connectivity index (χ0) is 22.5. The van der Waals surface area contributed by atoms with Gasteiger partial charge in [-0.15, -0.1) is 0 Å². The van der Waals surface area contributed by atoms with E-state index < -0.39 is 13.0 Å². The second-order valence-corrected chi connectivity index (χ2v) is 6.72. The van der Waals surface area contributed by atoms with Crippen LogP contribution in [0.2, 0.25) is 0 Å². The number of rotatable bonds is 8. The third-order valence-electron chi connectivity index (χ3n) is 3.79. The summed E-state index contributed by atoms with van der Waals surface area (Å²) in [6.07, 6.45) is 0. The summed E-state index contributed by atoms with van der Waals surface area (Å²) < 4.78 is 31.1. The predicted octanol–water partition coefficient (Wildman–Crippen LogP) is 0.828. The molecule has 172 valence electrons. The van der Waals surface area contributed by atoms with Crippen LogP contribution in [0.1, 0.15) is 27.7 Å². The van der Waals surface area contributed by atoms with E-state index in [-0.39, 0.29) is 23.9 Å². The summed E-state index contributed by atoms with van der Waals surface area (Å²) in [6, 6.07) is -0.267. The monoisotopic (exact) mass is 430 g/mol. The first-order chi connectivity index (χ1) is 14.3. The molecule has 0 aliphatic carbocycles. The molecule has 0 aromatic rings. The molecule has 10 heteroatoms. The van der Waals surface area contributed by atoms with Gasteiger partial charge in [0.2, 0.25) is 11.8 Å². The van der Waals surface area contributed by atoms with E-state index >= 15 is 0 Å². The van der Waals surface area contributed by atoms with E-state index in [1.807, 2.05) is 13.8 Å². The van der Waals surface area contributed by atoms with Crippen molar-refractivity contribution >= 4 is 11.8 Å². The van der Waals surface area contributed by atoms with Crippen molar-refractivity contribution in [1.29, 1.82) is 0 Å². The lowest BCUT2D eigenvalue weighted by Gasteiger charge is -2.29. The summed E-state index contributed by atoms with van der Waals surface area (Å²) in [4.78, 5) is 22.5. The van der Waals surface area contributed by atoms with Gasteiger partial charge in [0.25, 0.3) is 13.0 Å². The van der Waals surface area contributed by atoms with Gasteiger partial charge in [0.05, 0.1) is 38.5 Å². The van der Waals surface area contributed by atoms with Gasteiger partial charge in [0.1, 0.15) is 0 Å². The van der Waals surface area contributed by atoms with Crippen LogP contribution >= 0.6 is 0 Å². The predicted molar refractivity (Wildman–Crippen MR) is 108 cm³/mol. The Morgan fingerprint density at radius 3 is 1.30 bits per heavy atom. The van der Waals surface area contributed by atoms with Crippen molar-refractivity contribution in [3.8, 4) is 0 Å². The first-order valence-electron chi connectivity index (χ1n) is 9.89. The summed E-state index contributed by atoms with van der Waals surface area (Å²) in [6.45, 7) is 15.6. The van der Waals surface area contributed by atoms with E-state index in [9.17, 15) is 9.59 Å². The second-order valence-electron chi connectivity index (χ2n) is 6.72. The lowest BCUT2D eigenvalue weighted by atomic mass is 10.2. The maximum Gasteiger partial charge on any atom is 0.271 e. The molecule has 0 unspecified atom stereocenters. The fraction of sp³-hybridized carbons (Fsp3) is 0.700. The normalized spacial score (nSPS) is 26.0.